The highest BCUT2D eigenvalue weighted by atomic mass is 32.2. The normalized spacial score (nSPS) is 17.1. The van der Waals surface area contributed by atoms with E-state index in [-0.39, 0.29) is 11.9 Å². The second kappa shape index (κ2) is 7.29. The fraction of sp³-hybridized carbons (Fsp3) is 0.263. The lowest BCUT2D eigenvalue weighted by Gasteiger charge is -2.21. The van der Waals surface area contributed by atoms with Gasteiger partial charge in [-0.2, -0.15) is 5.10 Å². The molecule has 7 heteroatoms. The number of sulfonamides is 1. The molecule has 0 saturated carbocycles. The van der Waals surface area contributed by atoms with Crippen LogP contribution in [0.5, 0.6) is 0 Å². The van der Waals surface area contributed by atoms with Crippen LogP contribution in [0.15, 0.2) is 59.7 Å². The van der Waals surface area contributed by atoms with Gasteiger partial charge < -0.3 is 0 Å². The summed E-state index contributed by atoms with van der Waals surface area (Å²) in [6, 6.07) is 16.7. The van der Waals surface area contributed by atoms with Crippen molar-refractivity contribution < 1.29 is 13.2 Å². The third-order valence-corrected chi connectivity index (χ3v) is 4.76. The average molecular weight is 371 g/mol. The minimum atomic E-state index is -3.35. The molecule has 1 aliphatic rings. The summed E-state index contributed by atoms with van der Waals surface area (Å²) < 4.78 is 25.4. The van der Waals surface area contributed by atoms with E-state index >= 15 is 0 Å². The Morgan fingerprint density at radius 1 is 1.19 bits per heavy atom. The maximum Gasteiger partial charge on any atom is 0.242 e. The first-order valence-corrected chi connectivity index (χ1v) is 10.3. The Bertz CT molecular complexity index is 940. The summed E-state index contributed by atoms with van der Waals surface area (Å²) >= 11 is 0. The number of carbonyl (C=O) groups excluding carboxylic acids is 1. The molecule has 3 rings (SSSR count). The molecule has 1 heterocycles. The van der Waals surface area contributed by atoms with Gasteiger partial charge in [0.15, 0.2) is 0 Å². The number of nitrogens with zero attached hydrogens (tertiary/aromatic N) is 2. The summed E-state index contributed by atoms with van der Waals surface area (Å²) in [5.41, 5.74) is 3.06. The van der Waals surface area contributed by atoms with Crippen LogP contribution in [0.1, 0.15) is 36.9 Å². The van der Waals surface area contributed by atoms with E-state index in [0.29, 0.717) is 18.5 Å². The van der Waals surface area contributed by atoms with Gasteiger partial charge in [-0.05, 0) is 23.3 Å². The van der Waals surface area contributed by atoms with Crippen molar-refractivity contribution >= 4 is 27.3 Å². The Hall–Kier alpha value is -2.67. The number of anilines is 1. The molecule has 1 N–H and O–H groups in total. The van der Waals surface area contributed by atoms with E-state index in [1.54, 1.807) is 23.2 Å². The van der Waals surface area contributed by atoms with Crippen LogP contribution in [0.4, 0.5) is 5.69 Å². The lowest BCUT2D eigenvalue weighted by Crippen LogP contribution is -2.26. The summed E-state index contributed by atoms with van der Waals surface area (Å²) in [5, 5.41) is 6.09. The van der Waals surface area contributed by atoms with E-state index in [2.05, 4.69) is 9.82 Å². The van der Waals surface area contributed by atoms with Crippen molar-refractivity contribution in [3.05, 3.63) is 65.7 Å². The molecule has 0 spiro atoms. The number of hydrogen-bond donors (Lipinski definition) is 1. The van der Waals surface area contributed by atoms with Crippen molar-refractivity contribution in [1.29, 1.82) is 0 Å². The molecule has 0 fully saturated rings. The van der Waals surface area contributed by atoms with Crippen molar-refractivity contribution in [1.82, 2.24) is 5.01 Å². The number of amides is 1. The molecule has 6 nitrogen and oxygen atoms in total. The third-order valence-electron chi connectivity index (χ3n) is 4.15. The smallest absolute Gasteiger partial charge is 0.242 e. The van der Waals surface area contributed by atoms with E-state index < -0.39 is 10.0 Å². The molecule has 0 radical (unpaired) electrons. The minimum Gasteiger partial charge on any atom is -0.284 e. The second-order valence-electron chi connectivity index (χ2n) is 6.22. The molecule has 0 unspecified atom stereocenters. The van der Waals surface area contributed by atoms with Crippen LogP contribution in [-0.2, 0) is 14.8 Å². The average Bonchev–Trinajstić information content (AvgIpc) is 3.06. The molecule has 136 valence electrons. The molecule has 1 atom stereocenters. The Kier molecular flexibility index (Phi) is 5.08. The zero-order valence-corrected chi connectivity index (χ0v) is 15.5. The van der Waals surface area contributed by atoms with Gasteiger partial charge in [0.05, 0.1) is 18.0 Å². The van der Waals surface area contributed by atoms with Crippen LogP contribution in [0, 0.1) is 0 Å². The number of benzene rings is 2. The summed E-state index contributed by atoms with van der Waals surface area (Å²) in [4.78, 5) is 12.4. The van der Waals surface area contributed by atoms with Gasteiger partial charge in [0, 0.05) is 18.5 Å². The zero-order chi connectivity index (χ0) is 18.7. The molecule has 1 aliphatic heterocycles. The van der Waals surface area contributed by atoms with Crippen molar-refractivity contribution in [2.45, 2.75) is 25.8 Å². The lowest BCUT2D eigenvalue weighted by molar-refractivity contribution is -0.132. The fourth-order valence-electron chi connectivity index (χ4n) is 2.99. The van der Waals surface area contributed by atoms with Crippen molar-refractivity contribution in [2.75, 3.05) is 11.0 Å². The van der Waals surface area contributed by atoms with E-state index in [1.807, 2.05) is 43.3 Å². The lowest BCUT2D eigenvalue weighted by atomic mass is 9.98. The SMILES string of the molecule is CCC(=O)N1N=C(c2cccc(NS(C)(=O)=O)c2)C[C@@H]1c1ccccc1. The monoisotopic (exact) mass is 371 g/mol. The topological polar surface area (TPSA) is 78.8 Å². The molecule has 1 amide bonds. The maximum absolute atomic E-state index is 12.4. The highest BCUT2D eigenvalue weighted by Gasteiger charge is 2.32. The van der Waals surface area contributed by atoms with E-state index in [0.717, 1.165) is 23.1 Å². The number of carbonyl (C=O) groups is 1. The Balaban J connectivity index is 1.93. The first-order chi connectivity index (χ1) is 12.4. The van der Waals surface area contributed by atoms with Crippen LogP contribution in [0.3, 0.4) is 0 Å². The van der Waals surface area contributed by atoms with Gasteiger partial charge in [0.1, 0.15) is 0 Å². The van der Waals surface area contributed by atoms with Gasteiger partial charge in [-0.25, -0.2) is 13.4 Å². The summed E-state index contributed by atoms with van der Waals surface area (Å²) in [6.07, 6.45) is 2.06. The Morgan fingerprint density at radius 2 is 1.92 bits per heavy atom. The van der Waals surface area contributed by atoms with Crippen molar-refractivity contribution in [2.24, 2.45) is 5.10 Å². The van der Waals surface area contributed by atoms with E-state index in [1.165, 1.54) is 0 Å². The van der Waals surface area contributed by atoms with E-state index in [4.69, 9.17) is 0 Å². The zero-order valence-electron chi connectivity index (χ0n) is 14.7. The molecular weight excluding hydrogens is 350 g/mol. The molecule has 0 aliphatic carbocycles. The summed E-state index contributed by atoms with van der Waals surface area (Å²) in [7, 11) is -3.35. The van der Waals surface area contributed by atoms with Crippen LogP contribution in [-0.4, -0.2) is 31.3 Å². The van der Waals surface area contributed by atoms with Gasteiger partial charge in [-0.1, -0.05) is 49.4 Å². The van der Waals surface area contributed by atoms with Crippen LogP contribution >= 0.6 is 0 Å². The highest BCUT2D eigenvalue weighted by molar-refractivity contribution is 7.92. The first-order valence-electron chi connectivity index (χ1n) is 8.40. The third kappa shape index (κ3) is 4.11. The van der Waals surface area contributed by atoms with Crippen LogP contribution < -0.4 is 4.72 Å². The molecule has 0 aromatic heterocycles. The molecule has 0 bridgehead atoms. The number of rotatable bonds is 5. The quantitative estimate of drug-likeness (QED) is 0.877. The Labute approximate surface area is 153 Å². The number of hydrazone groups is 1. The molecule has 2 aromatic rings. The summed E-state index contributed by atoms with van der Waals surface area (Å²) in [5.74, 6) is -0.0423. The standard InChI is InChI=1S/C19H21N3O3S/c1-3-19(23)22-18(14-8-5-4-6-9-14)13-17(20-22)15-10-7-11-16(12-15)21-26(2,24)25/h4-12,18,21H,3,13H2,1-2H3/t18-/m1/s1. The molecule has 2 aromatic carbocycles. The van der Waals surface area contributed by atoms with Gasteiger partial charge in [0.2, 0.25) is 15.9 Å². The van der Waals surface area contributed by atoms with Gasteiger partial charge in [0.25, 0.3) is 0 Å². The van der Waals surface area contributed by atoms with Gasteiger partial charge in [-0.3, -0.25) is 9.52 Å². The van der Waals surface area contributed by atoms with Crippen molar-refractivity contribution in [3.8, 4) is 0 Å². The second-order valence-corrected chi connectivity index (χ2v) is 7.97. The van der Waals surface area contributed by atoms with Gasteiger partial charge in [-0.15, -0.1) is 0 Å². The molecule has 0 saturated heterocycles. The van der Waals surface area contributed by atoms with Gasteiger partial charge >= 0.3 is 0 Å². The van der Waals surface area contributed by atoms with Crippen LogP contribution in [0.25, 0.3) is 0 Å². The Morgan fingerprint density at radius 3 is 2.58 bits per heavy atom. The molecule has 26 heavy (non-hydrogen) atoms. The minimum absolute atomic E-state index is 0.0423. The summed E-state index contributed by atoms with van der Waals surface area (Å²) in [6.45, 7) is 1.81. The predicted octanol–water partition coefficient (Wildman–Crippen LogP) is 3.15. The van der Waals surface area contributed by atoms with Crippen molar-refractivity contribution in [3.63, 3.8) is 0 Å². The van der Waals surface area contributed by atoms with E-state index in [9.17, 15) is 13.2 Å². The fourth-order valence-corrected chi connectivity index (χ4v) is 3.54. The molecular formula is C19H21N3O3S. The largest absolute Gasteiger partial charge is 0.284 e. The van der Waals surface area contributed by atoms with Crippen LogP contribution in [0.2, 0.25) is 0 Å². The predicted molar refractivity (Wildman–Crippen MR) is 102 cm³/mol. The number of nitrogens with one attached hydrogen (secondary N) is 1. The maximum atomic E-state index is 12.4. The first kappa shape index (κ1) is 18.1. The highest BCUT2D eigenvalue weighted by Crippen LogP contribution is 2.33. The number of hydrogen-bond acceptors (Lipinski definition) is 4.